The predicted molar refractivity (Wildman–Crippen MR) is 89.2 cm³/mol. The molecule has 134 valence electrons. The van der Waals surface area contributed by atoms with E-state index in [1.54, 1.807) is 31.2 Å². The van der Waals surface area contributed by atoms with Gasteiger partial charge >= 0.3 is 5.97 Å². The van der Waals surface area contributed by atoms with Crippen molar-refractivity contribution in [2.45, 2.75) is 11.8 Å². The van der Waals surface area contributed by atoms with Gasteiger partial charge in [-0.15, -0.1) is 0 Å². The number of carboxylic acid groups (broad SMARTS) is 1. The molecule has 2 heterocycles. The van der Waals surface area contributed by atoms with Crippen molar-refractivity contribution in [2.75, 3.05) is 20.2 Å². The van der Waals surface area contributed by atoms with Gasteiger partial charge in [0.2, 0.25) is 10.0 Å². The normalized spacial score (nSPS) is 21.4. The van der Waals surface area contributed by atoms with E-state index in [1.807, 2.05) is 0 Å². The van der Waals surface area contributed by atoms with Crippen molar-refractivity contribution in [1.29, 1.82) is 0 Å². The van der Waals surface area contributed by atoms with Crippen LogP contribution in [0.5, 0.6) is 5.75 Å². The molecule has 1 aromatic carbocycles. The van der Waals surface area contributed by atoms with E-state index in [-0.39, 0.29) is 23.9 Å². The zero-order valence-electron chi connectivity index (χ0n) is 13.9. The summed E-state index contributed by atoms with van der Waals surface area (Å²) in [7, 11) is -2.27. The first-order valence-corrected chi connectivity index (χ1v) is 9.19. The number of aliphatic carboxylic acids is 1. The summed E-state index contributed by atoms with van der Waals surface area (Å²) < 4.78 is 33.5. The average molecular weight is 365 g/mol. The molecule has 1 N–H and O–H groups in total. The van der Waals surface area contributed by atoms with Crippen molar-refractivity contribution in [1.82, 2.24) is 14.1 Å². The van der Waals surface area contributed by atoms with Crippen LogP contribution in [-0.4, -0.2) is 53.8 Å². The number of carboxylic acids is 1. The molecule has 1 aliphatic rings. The fourth-order valence-electron chi connectivity index (χ4n) is 2.98. The fraction of sp³-hybridized carbons (Fsp3) is 0.375. The van der Waals surface area contributed by atoms with Crippen molar-refractivity contribution in [3.8, 4) is 11.4 Å². The fourth-order valence-corrected chi connectivity index (χ4v) is 4.48. The quantitative estimate of drug-likeness (QED) is 0.855. The molecule has 1 aromatic heterocycles. The minimum Gasteiger partial charge on any atom is -0.494 e. The number of carbonyl (C=O) groups is 1. The second kappa shape index (κ2) is 6.49. The molecule has 0 saturated carbocycles. The number of aromatic nitrogens is 2. The Hall–Kier alpha value is -2.39. The van der Waals surface area contributed by atoms with Crippen LogP contribution in [0, 0.1) is 11.8 Å². The molecular formula is C16H19N3O5S. The van der Waals surface area contributed by atoms with Gasteiger partial charge in [-0.3, -0.25) is 4.79 Å². The van der Waals surface area contributed by atoms with E-state index in [4.69, 9.17) is 4.74 Å². The second-order valence-corrected chi connectivity index (χ2v) is 7.97. The van der Waals surface area contributed by atoms with Crippen LogP contribution in [0.1, 0.15) is 6.92 Å². The maximum absolute atomic E-state index is 12.8. The van der Waals surface area contributed by atoms with E-state index in [0.29, 0.717) is 11.4 Å². The van der Waals surface area contributed by atoms with Crippen LogP contribution in [0.15, 0.2) is 41.6 Å². The zero-order valence-corrected chi connectivity index (χ0v) is 14.7. The lowest BCUT2D eigenvalue weighted by Crippen LogP contribution is -2.29. The van der Waals surface area contributed by atoms with Gasteiger partial charge in [-0.25, -0.2) is 13.1 Å². The van der Waals surface area contributed by atoms with Gasteiger partial charge in [-0.05, 0) is 18.1 Å². The summed E-state index contributed by atoms with van der Waals surface area (Å²) in [5, 5.41) is 13.3. The largest absolute Gasteiger partial charge is 0.494 e. The van der Waals surface area contributed by atoms with Gasteiger partial charge < -0.3 is 9.84 Å². The van der Waals surface area contributed by atoms with E-state index < -0.39 is 21.9 Å². The van der Waals surface area contributed by atoms with Crippen LogP contribution in [0.2, 0.25) is 0 Å². The maximum Gasteiger partial charge on any atom is 0.308 e. The summed E-state index contributed by atoms with van der Waals surface area (Å²) in [4.78, 5) is 11.3. The van der Waals surface area contributed by atoms with Crippen LogP contribution >= 0.6 is 0 Å². The number of hydrogen-bond acceptors (Lipinski definition) is 5. The first-order chi connectivity index (χ1) is 11.8. The number of rotatable bonds is 5. The molecule has 2 atom stereocenters. The predicted octanol–water partition coefficient (Wildman–Crippen LogP) is 1.22. The van der Waals surface area contributed by atoms with Gasteiger partial charge in [-0.1, -0.05) is 19.1 Å². The Labute approximate surface area is 145 Å². The standard InChI is InChI=1S/C16H19N3O5S/c1-11-8-18(10-13(11)16(20)21)25(22,23)12-7-17-19(9-12)14-5-3-4-6-15(14)24-2/h3-7,9,11,13H,8,10H2,1-2H3,(H,20,21)/t11-,13-/m1/s1. The first-order valence-electron chi connectivity index (χ1n) is 7.75. The Balaban J connectivity index is 1.90. The van der Waals surface area contributed by atoms with E-state index >= 15 is 0 Å². The molecule has 0 bridgehead atoms. The topological polar surface area (TPSA) is 102 Å². The van der Waals surface area contributed by atoms with Gasteiger partial charge in [0, 0.05) is 13.1 Å². The number of para-hydroxylation sites is 2. The summed E-state index contributed by atoms with van der Waals surface area (Å²) in [6.45, 7) is 1.89. The van der Waals surface area contributed by atoms with E-state index in [0.717, 1.165) is 0 Å². The lowest BCUT2D eigenvalue weighted by molar-refractivity contribution is -0.142. The molecule has 9 heteroatoms. The SMILES string of the molecule is COc1ccccc1-n1cc(S(=O)(=O)N2C[C@@H](C)[C@H](C(=O)O)C2)cn1. The summed E-state index contributed by atoms with van der Waals surface area (Å²) in [5.74, 6) is -1.35. The Kier molecular flexibility index (Phi) is 4.53. The summed E-state index contributed by atoms with van der Waals surface area (Å²) in [5.41, 5.74) is 0.615. The molecule has 0 aliphatic carbocycles. The summed E-state index contributed by atoms with van der Waals surface area (Å²) >= 11 is 0. The molecule has 3 rings (SSSR count). The van der Waals surface area contributed by atoms with Gasteiger partial charge in [0.05, 0.1) is 25.4 Å². The monoisotopic (exact) mass is 365 g/mol. The van der Waals surface area contributed by atoms with Crippen molar-refractivity contribution in [3.05, 3.63) is 36.7 Å². The van der Waals surface area contributed by atoms with Gasteiger partial charge in [0.25, 0.3) is 0 Å². The van der Waals surface area contributed by atoms with E-state index in [1.165, 1.54) is 28.5 Å². The Morgan fingerprint density at radius 2 is 2.04 bits per heavy atom. The summed E-state index contributed by atoms with van der Waals surface area (Å²) in [6.07, 6.45) is 2.67. The third-order valence-electron chi connectivity index (χ3n) is 4.42. The Morgan fingerprint density at radius 3 is 2.68 bits per heavy atom. The van der Waals surface area contributed by atoms with Gasteiger partial charge in [0.1, 0.15) is 16.3 Å². The molecule has 1 fully saturated rings. The maximum atomic E-state index is 12.8. The van der Waals surface area contributed by atoms with Crippen LogP contribution in [0.4, 0.5) is 0 Å². The minimum atomic E-state index is -3.80. The van der Waals surface area contributed by atoms with Crippen LogP contribution in [0.25, 0.3) is 5.69 Å². The number of benzene rings is 1. The number of nitrogens with zero attached hydrogens (tertiary/aromatic N) is 3. The molecule has 0 radical (unpaired) electrons. The van der Waals surface area contributed by atoms with Crippen LogP contribution < -0.4 is 4.74 Å². The van der Waals surface area contributed by atoms with Crippen molar-refractivity contribution in [2.24, 2.45) is 11.8 Å². The molecule has 8 nitrogen and oxygen atoms in total. The summed E-state index contributed by atoms with van der Waals surface area (Å²) in [6, 6.07) is 7.12. The lowest BCUT2D eigenvalue weighted by Gasteiger charge is -2.14. The smallest absolute Gasteiger partial charge is 0.308 e. The number of sulfonamides is 1. The molecular weight excluding hydrogens is 346 g/mol. The molecule has 0 amide bonds. The average Bonchev–Trinajstić information content (AvgIpc) is 3.22. The zero-order chi connectivity index (χ0) is 18.2. The number of hydrogen-bond donors (Lipinski definition) is 1. The van der Waals surface area contributed by atoms with E-state index in [2.05, 4.69) is 5.10 Å². The first kappa shape index (κ1) is 17.4. The third kappa shape index (κ3) is 3.12. The molecule has 2 aromatic rings. The molecule has 25 heavy (non-hydrogen) atoms. The van der Waals surface area contributed by atoms with Crippen molar-refractivity contribution in [3.63, 3.8) is 0 Å². The highest BCUT2D eigenvalue weighted by molar-refractivity contribution is 7.89. The van der Waals surface area contributed by atoms with Crippen LogP contribution in [-0.2, 0) is 14.8 Å². The molecule has 0 spiro atoms. The van der Waals surface area contributed by atoms with Gasteiger partial charge in [-0.2, -0.15) is 9.40 Å². The Morgan fingerprint density at radius 1 is 1.32 bits per heavy atom. The molecule has 1 aliphatic heterocycles. The van der Waals surface area contributed by atoms with Crippen molar-refractivity contribution >= 4 is 16.0 Å². The molecule has 1 saturated heterocycles. The number of methoxy groups -OCH3 is 1. The highest BCUT2D eigenvalue weighted by Gasteiger charge is 2.41. The third-order valence-corrected chi connectivity index (χ3v) is 6.21. The second-order valence-electron chi connectivity index (χ2n) is 6.04. The highest BCUT2D eigenvalue weighted by Crippen LogP contribution is 2.29. The molecule has 0 unspecified atom stereocenters. The minimum absolute atomic E-state index is 0.0247. The Bertz CT molecular complexity index is 893. The van der Waals surface area contributed by atoms with Crippen molar-refractivity contribution < 1.29 is 23.1 Å². The highest BCUT2D eigenvalue weighted by atomic mass is 32.2. The number of ether oxygens (including phenoxy) is 1. The lowest BCUT2D eigenvalue weighted by atomic mass is 9.99. The van der Waals surface area contributed by atoms with E-state index in [9.17, 15) is 18.3 Å². The van der Waals surface area contributed by atoms with Gasteiger partial charge in [0.15, 0.2) is 0 Å². The van der Waals surface area contributed by atoms with Crippen LogP contribution in [0.3, 0.4) is 0 Å².